The normalized spacial score (nSPS) is 13.0. The van der Waals surface area contributed by atoms with Gasteiger partial charge < -0.3 is 24.7 Å². The summed E-state index contributed by atoms with van der Waals surface area (Å²) in [7, 11) is 5.61. The maximum atomic E-state index is 13.1. The fourth-order valence-corrected chi connectivity index (χ4v) is 2.71. The highest BCUT2D eigenvalue weighted by Gasteiger charge is 2.33. The quantitative estimate of drug-likeness (QED) is 0.388. The molecule has 0 radical (unpaired) electrons. The second-order valence-electron chi connectivity index (χ2n) is 6.40. The Bertz CT molecular complexity index is 693. The summed E-state index contributed by atoms with van der Waals surface area (Å²) >= 11 is 0. The van der Waals surface area contributed by atoms with E-state index in [-0.39, 0.29) is 29.6 Å². The molecule has 0 fully saturated rings. The molecule has 3 N–H and O–H groups in total. The summed E-state index contributed by atoms with van der Waals surface area (Å²) in [6.07, 6.45) is 0. The van der Waals surface area contributed by atoms with Gasteiger partial charge in [0.05, 0.1) is 27.4 Å². The van der Waals surface area contributed by atoms with E-state index >= 15 is 0 Å². The molecule has 0 saturated heterocycles. The van der Waals surface area contributed by atoms with Crippen molar-refractivity contribution in [3.05, 3.63) is 17.7 Å². The van der Waals surface area contributed by atoms with E-state index in [1.807, 2.05) is 0 Å². The third kappa shape index (κ3) is 5.43. The zero-order valence-electron chi connectivity index (χ0n) is 17.0. The summed E-state index contributed by atoms with van der Waals surface area (Å²) in [5.74, 6) is -1.17. The van der Waals surface area contributed by atoms with Crippen LogP contribution in [-0.4, -0.2) is 64.6 Å². The number of Topliss-reactive ketones (excluding diaryl/α,β-unsaturated/α-hetero) is 2. The molecular weight excluding hydrogens is 368 g/mol. The van der Waals surface area contributed by atoms with E-state index in [0.29, 0.717) is 5.75 Å². The maximum absolute atomic E-state index is 13.1. The lowest BCUT2D eigenvalue weighted by molar-refractivity contribution is -0.125. The van der Waals surface area contributed by atoms with Gasteiger partial charge in [0, 0.05) is 12.7 Å². The van der Waals surface area contributed by atoms with E-state index < -0.39 is 29.6 Å². The first-order valence-corrected chi connectivity index (χ1v) is 8.62. The minimum absolute atomic E-state index is 0.142. The predicted octanol–water partition coefficient (Wildman–Crippen LogP) is 0.579. The first-order chi connectivity index (χ1) is 13.2. The monoisotopic (exact) mass is 396 g/mol. The lowest BCUT2D eigenvalue weighted by Crippen LogP contribution is -2.55. The van der Waals surface area contributed by atoms with Crippen molar-refractivity contribution in [1.29, 1.82) is 0 Å². The average Bonchev–Trinajstić information content (AvgIpc) is 2.66. The van der Waals surface area contributed by atoms with E-state index in [9.17, 15) is 14.4 Å². The number of rotatable bonds is 12. The van der Waals surface area contributed by atoms with Crippen LogP contribution in [0, 0.1) is 5.92 Å². The van der Waals surface area contributed by atoms with Crippen LogP contribution in [0.25, 0.3) is 0 Å². The summed E-state index contributed by atoms with van der Waals surface area (Å²) in [6, 6.07) is 0.666. The van der Waals surface area contributed by atoms with E-state index in [1.165, 1.54) is 40.6 Å². The van der Waals surface area contributed by atoms with Gasteiger partial charge in [0.1, 0.15) is 12.6 Å². The first-order valence-electron chi connectivity index (χ1n) is 8.62. The molecule has 1 amide bonds. The fraction of sp³-hybridized carbons (Fsp3) is 0.526. The number of amides is 1. The predicted molar refractivity (Wildman–Crippen MR) is 102 cm³/mol. The standard InChI is InChI=1S/C19H28N2O7/c1-10(2)15(19(20)24)21-16(12(22)9-25-3)17(23)11-7-13(26-4)18(28-6)14(8-11)27-5/h7-8,10,15-16,21H,9H2,1-6H3,(H2,20,24). The summed E-state index contributed by atoms with van der Waals surface area (Å²) in [5.41, 5.74) is 5.56. The zero-order valence-corrected chi connectivity index (χ0v) is 17.0. The number of carbonyl (C=O) groups is 3. The average molecular weight is 396 g/mol. The van der Waals surface area contributed by atoms with Gasteiger partial charge in [-0.2, -0.15) is 0 Å². The zero-order chi connectivity index (χ0) is 21.4. The van der Waals surface area contributed by atoms with Crippen LogP contribution in [-0.2, 0) is 14.3 Å². The van der Waals surface area contributed by atoms with Crippen molar-refractivity contribution in [1.82, 2.24) is 5.32 Å². The number of primary amides is 1. The number of benzene rings is 1. The Morgan fingerprint density at radius 2 is 1.54 bits per heavy atom. The fourth-order valence-electron chi connectivity index (χ4n) is 2.71. The number of methoxy groups -OCH3 is 4. The molecule has 0 aromatic heterocycles. The van der Waals surface area contributed by atoms with Gasteiger partial charge in [0.25, 0.3) is 0 Å². The van der Waals surface area contributed by atoms with Crippen LogP contribution in [0.5, 0.6) is 17.2 Å². The largest absolute Gasteiger partial charge is 0.493 e. The van der Waals surface area contributed by atoms with Gasteiger partial charge in [-0.1, -0.05) is 13.8 Å². The Morgan fingerprint density at radius 1 is 1.00 bits per heavy atom. The molecule has 156 valence electrons. The highest BCUT2D eigenvalue weighted by molar-refractivity contribution is 6.15. The van der Waals surface area contributed by atoms with Gasteiger partial charge in [0.15, 0.2) is 23.1 Å². The Morgan fingerprint density at radius 3 is 1.89 bits per heavy atom. The van der Waals surface area contributed by atoms with Crippen molar-refractivity contribution in [2.24, 2.45) is 11.7 Å². The van der Waals surface area contributed by atoms with Gasteiger partial charge >= 0.3 is 0 Å². The molecular formula is C19H28N2O7. The molecule has 0 heterocycles. The number of hydrogen-bond donors (Lipinski definition) is 2. The Kier molecular flexibility index (Phi) is 8.87. The second-order valence-corrected chi connectivity index (χ2v) is 6.40. The van der Waals surface area contributed by atoms with Gasteiger partial charge in [-0.25, -0.2) is 0 Å². The molecule has 0 spiro atoms. The molecule has 0 aliphatic heterocycles. The summed E-state index contributed by atoms with van der Waals surface area (Å²) < 4.78 is 20.6. The highest BCUT2D eigenvalue weighted by Crippen LogP contribution is 2.38. The van der Waals surface area contributed by atoms with Crippen molar-refractivity contribution >= 4 is 17.5 Å². The van der Waals surface area contributed by atoms with Crippen molar-refractivity contribution < 1.29 is 33.3 Å². The molecule has 0 saturated carbocycles. The summed E-state index contributed by atoms with van der Waals surface area (Å²) in [5, 5.41) is 2.77. The van der Waals surface area contributed by atoms with Gasteiger partial charge in [-0.3, -0.25) is 19.7 Å². The maximum Gasteiger partial charge on any atom is 0.234 e. The Balaban J connectivity index is 3.39. The SMILES string of the molecule is COCC(=O)C(NC(C(N)=O)C(C)C)C(=O)c1cc(OC)c(OC)c(OC)c1. The van der Waals surface area contributed by atoms with Crippen LogP contribution >= 0.6 is 0 Å². The molecule has 1 rings (SSSR count). The Labute approximate surface area is 164 Å². The number of nitrogens with one attached hydrogen (secondary N) is 1. The topological polar surface area (TPSA) is 126 Å². The molecule has 9 nitrogen and oxygen atoms in total. The third-order valence-electron chi connectivity index (χ3n) is 4.14. The molecule has 2 atom stereocenters. The van der Waals surface area contributed by atoms with Gasteiger partial charge in [-0.05, 0) is 18.1 Å². The van der Waals surface area contributed by atoms with Crippen LogP contribution in [0.4, 0.5) is 0 Å². The molecule has 1 aromatic rings. The van der Waals surface area contributed by atoms with Crippen LogP contribution in [0.2, 0.25) is 0 Å². The molecule has 2 unspecified atom stereocenters. The smallest absolute Gasteiger partial charge is 0.234 e. The number of carbonyl (C=O) groups excluding carboxylic acids is 3. The number of ether oxygens (including phenoxy) is 4. The minimum atomic E-state index is -1.33. The first kappa shape index (κ1) is 23.4. The Hall–Kier alpha value is -2.65. The molecule has 0 bridgehead atoms. The highest BCUT2D eigenvalue weighted by atomic mass is 16.5. The van der Waals surface area contributed by atoms with Crippen molar-refractivity contribution in [3.8, 4) is 17.2 Å². The molecule has 0 aliphatic rings. The summed E-state index contributed by atoms with van der Waals surface area (Å²) in [6.45, 7) is 3.20. The van der Waals surface area contributed by atoms with E-state index in [2.05, 4.69) is 5.32 Å². The van der Waals surface area contributed by atoms with Crippen LogP contribution in [0.3, 0.4) is 0 Å². The van der Waals surface area contributed by atoms with Crippen molar-refractivity contribution in [2.45, 2.75) is 25.9 Å². The molecule has 9 heteroatoms. The lowest BCUT2D eigenvalue weighted by atomic mass is 9.96. The van der Waals surface area contributed by atoms with Crippen LogP contribution in [0.15, 0.2) is 12.1 Å². The van der Waals surface area contributed by atoms with Crippen molar-refractivity contribution in [3.63, 3.8) is 0 Å². The van der Waals surface area contributed by atoms with E-state index in [0.717, 1.165) is 0 Å². The van der Waals surface area contributed by atoms with E-state index in [4.69, 9.17) is 24.7 Å². The molecule has 28 heavy (non-hydrogen) atoms. The molecule has 1 aromatic carbocycles. The molecule has 0 aliphatic carbocycles. The summed E-state index contributed by atoms with van der Waals surface area (Å²) in [4.78, 5) is 37.4. The lowest BCUT2D eigenvalue weighted by Gasteiger charge is -2.25. The number of ketones is 2. The van der Waals surface area contributed by atoms with Gasteiger partial charge in [-0.15, -0.1) is 0 Å². The minimum Gasteiger partial charge on any atom is -0.493 e. The van der Waals surface area contributed by atoms with Crippen LogP contribution in [0.1, 0.15) is 24.2 Å². The van der Waals surface area contributed by atoms with Crippen LogP contribution < -0.4 is 25.3 Å². The van der Waals surface area contributed by atoms with Crippen molar-refractivity contribution in [2.75, 3.05) is 35.0 Å². The second kappa shape index (κ2) is 10.6. The van der Waals surface area contributed by atoms with E-state index in [1.54, 1.807) is 13.8 Å². The van der Waals surface area contributed by atoms with Gasteiger partial charge in [0.2, 0.25) is 11.7 Å². The number of hydrogen-bond acceptors (Lipinski definition) is 8. The third-order valence-corrected chi connectivity index (χ3v) is 4.14. The number of nitrogens with two attached hydrogens (primary N) is 1.